The van der Waals surface area contributed by atoms with Gasteiger partial charge in [0.05, 0.1) is 71.0 Å². The Hall–Kier alpha value is -8.02. The number of amides is 4. The molecule has 4 amide bonds. The van der Waals surface area contributed by atoms with Crippen LogP contribution >= 0.6 is 0 Å². The summed E-state index contributed by atoms with van der Waals surface area (Å²) >= 11 is 0. The Bertz CT molecular complexity index is 2690. The molecule has 2 aromatic heterocycles. The van der Waals surface area contributed by atoms with Crippen molar-refractivity contribution in [3.05, 3.63) is 81.9 Å². The van der Waals surface area contributed by atoms with E-state index in [9.17, 15) is 58.5 Å². The topological polar surface area (TPSA) is 386 Å². The van der Waals surface area contributed by atoms with Gasteiger partial charge in [-0.25, -0.2) is 9.97 Å². The van der Waals surface area contributed by atoms with E-state index in [1.807, 2.05) is 4.90 Å². The standard InChI is InChI=1S/C51H70N14O14/c52-51-60-48-47(50(77)61-51)59-39(30-57-48)29-56-37-9-5-36(6-10-37)49(76)55-13-1-2-41(67)53-14-24-78-26-27-79-25-15-54-42(68)11-12-43(69)58-38-7-3-35(4-8-38)28-40(65(22-23-66)34-46(74)75)31-62-16-18-63(32-44(70)71)20-21-64(19-17-62)33-45(72)73/h3-10,23,30,40,56H,1-2,11-22,24-29,31-34H2,(H,53,67)(H,54,68)(H,55,76)(H,58,69)(H,70,71)(H,72,73)(H,74,75)(H3,52,57,60,61,77). The molecule has 1 unspecified atom stereocenters. The van der Waals surface area contributed by atoms with Gasteiger partial charge in [0.15, 0.2) is 11.2 Å². The molecule has 0 aliphatic carbocycles. The van der Waals surface area contributed by atoms with E-state index in [1.165, 1.54) is 6.20 Å². The lowest BCUT2D eigenvalue weighted by Gasteiger charge is -2.35. The minimum Gasteiger partial charge on any atom is -0.480 e. The molecule has 428 valence electrons. The number of carboxylic acid groups (broad SMARTS) is 3. The van der Waals surface area contributed by atoms with Gasteiger partial charge in [0.1, 0.15) is 6.29 Å². The SMILES string of the molecule is Nc1nc2ncc(CNc3ccc(C(=O)NCCCC(=O)NCCOCCOCCNC(=O)CCC(=O)Nc4ccc(CC(CN5CCN(CC(=O)O)CCN(CC(=O)O)CC5)N(CC=O)CC(=O)O)cc4)cc3)nc2c(=O)[nH]1. The number of nitrogens with two attached hydrogens (primary N) is 1. The third kappa shape index (κ3) is 23.6. The number of aromatic amines is 1. The van der Waals surface area contributed by atoms with Crippen LogP contribution in [0.5, 0.6) is 0 Å². The van der Waals surface area contributed by atoms with Crippen molar-refractivity contribution in [1.82, 2.24) is 55.5 Å². The Morgan fingerprint density at radius 3 is 1.89 bits per heavy atom. The monoisotopic (exact) mass is 1100 g/mol. The zero-order chi connectivity index (χ0) is 56.9. The number of fused-ring (bicyclic) bond motifs is 1. The maximum absolute atomic E-state index is 12.7. The summed E-state index contributed by atoms with van der Waals surface area (Å²) in [6.07, 6.45) is 2.94. The van der Waals surface area contributed by atoms with E-state index in [2.05, 4.69) is 46.5 Å². The zero-order valence-corrected chi connectivity index (χ0v) is 43.9. The van der Waals surface area contributed by atoms with Crippen LogP contribution in [0.3, 0.4) is 0 Å². The minimum atomic E-state index is -1.12. The van der Waals surface area contributed by atoms with Gasteiger partial charge in [0.25, 0.3) is 11.5 Å². The normalized spacial score (nSPS) is 13.8. The number of H-pyrrole nitrogens is 1. The summed E-state index contributed by atoms with van der Waals surface area (Å²) in [7, 11) is 0. The maximum atomic E-state index is 12.7. The highest BCUT2D eigenvalue weighted by molar-refractivity contribution is 5.94. The fourth-order valence-corrected chi connectivity index (χ4v) is 8.30. The molecule has 28 heteroatoms. The van der Waals surface area contributed by atoms with Gasteiger partial charge in [0.2, 0.25) is 23.7 Å². The number of nitrogens with one attached hydrogen (secondary N) is 6. The first-order valence-corrected chi connectivity index (χ1v) is 25.7. The molecular weight excluding hydrogens is 1030 g/mol. The summed E-state index contributed by atoms with van der Waals surface area (Å²) in [5, 5.41) is 42.8. The molecule has 79 heavy (non-hydrogen) atoms. The molecule has 5 rings (SSSR count). The maximum Gasteiger partial charge on any atom is 0.317 e. The number of aromatic nitrogens is 4. The predicted molar refractivity (Wildman–Crippen MR) is 287 cm³/mol. The van der Waals surface area contributed by atoms with E-state index in [4.69, 9.17) is 15.2 Å². The van der Waals surface area contributed by atoms with Crippen molar-refractivity contribution in [2.75, 3.05) is 134 Å². The van der Waals surface area contributed by atoms with Gasteiger partial charge in [-0.1, -0.05) is 12.1 Å². The number of carboxylic acids is 3. The largest absolute Gasteiger partial charge is 0.480 e. The summed E-state index contributed by atoms with van der Waals surface area (Å²) in [5.74, 6) is -4.39. The summed E-state index contributed by atoms with van der Waals surface area (Å²) < 4.78 is 11.0. The second kappa shape index (κ2) is 33.3. The lowest BCUT2D eigenvalue weighted by molar-refractivity contribution is -0.140. The quantitative estimate of drug-likeness (QED) is 0.0192. The van der Waals surface area contributed by atoms with Crippen LogP contribution in [0.4, 0.5) is 17.3 Å². The molecule has 4 aromatic rings. The predicted octanol–water partition coefficient (Wildman–Crippen LogP) is -1.31. The number of hydrogen-bond donors (Lipinski definition) is 10. The number of nitrogens with zero attached hydrogens (tertiary/aromatic N) is 7. The molecule has 1 fully saturated rings. The number of ether oxygens (including phenoxy) is 2. The third-order valence-electron chi connectivity index (χ3n) is 12.3. The van der Waals surface area contributed by atoms with Crippen LogP contribution in [0.1, 0.15) is 47.3 Å². The molecule has 0 radical (unpaired) electrons. The molecule has 0 bridgehead atoms. The number of carbonyl (C=O) groups is 8. The molecule has 0 saturated carbocycles. The second-order valence-corrected chi connectivity index (χ2v) is 18.4. The molecule has 1 aliphatic rings. The zero-order valence-electron chi connectivity index (χ0n) is 43.9. The Morgan fingerprint density at radius 1 is 0.709 bits per heavy atom. The van der Waals surface area contributed by atoms with Crippen LogP contribution < -0.4 is 37.9 Å². The van der Waals surface area contributed by atoms with E-state index in [0.29, 0.717) is 88.4 Å². The van der Waals surface area contributed by atoms with Crippen molar-refractivity contribution in [2.24, 2.45) is 0 Å². The van der Waals surface area contributed by atoms with Crippen LogP contribution in [0.2, 0.25) is 0 Å². The van der Waals surface area contributed by atoms with E-state index < -0.39 is 36.1 Å². The van der Waals surface area contributed by atoms with Crippen LogP contribution in [0.15, 0.2) is 59.5 Å². The van der Waals surface area contributed by atoms with Crippen molar-refractivity contribution in [1.29, 1.82) is 0 Å². The molecule has 11 N–H and O–H groups in total. The van der Waals surface area contributed by atoms with Gasteiger partial charge in [-0.05, 0) is 54.8 Å². The minimum absolute atomic E-state index is 0.0447. The lowest BCUT2D eigenvalue weighted by atomic mass is 10.0. The number of anilines is 3. The van der Waals surface area contributed by atoms with Gasteiger partial charge < -0.3 is 61.9 Å². The number of carbonyl (C=O) groups excluding carboxylic acids is 5. The highest BCUT2D eigenvalue weighted by Crippen LogP contribution is 2.17. The first-order valence-electron chi connectivity index (χ1n) is 25.7. The number of nitrogen functional groups attached to an aromatic ring is 1. The molecule has 2 aromatic carbocycles. The number of aliphatic carboxylic acids is 3. The second-order valence-electron chi connectivity index (χ2n) is 18.4. The Kier molecular flexibility index (Phi) is 26.1. The van der Waals surface area contributed by atoms with Crippen molar-refractivity contribution < 1.29 is 63.1 Å². The van der Waals surface area contributed by atoms with Crippen LogP contribution in [-0.2, 0) is 56.0 Å². The highest BCUT2D eigenvalue weighted by atomic mass is 16.5. The summed E-state index contributed by atoms with van der Waals surface area (Å²) in [6.45, 7) is 3.70. The van der Waals surface area contributed by atoms with Gasteiger partial charge in [0, 0.05) is 108 Å². The third-order valence-corrected chi connectivity index (χ3v) is 12.3. The molecule has 1 aliphatic heterocycles. The van der Waals surface area contributed by atoms with E-state index in [1.54, 1.807) is 63.2 Å². The molecular formula is C51H70N14O14. The Morgan fingerprint density at radius 2 is 1.29 bits per heavy atom. The average Bonchev–Trinajstić information content (AvgIpc) is 3.50. The van der Waals surface area contributed by atoms with E-state index in [-0.39, 0.29) is 126 Å². The summed E-state index contributed by atoms with van der Waals surface area (Å²) in [5.41, 5.74) is 8.22. The molecule has 28 nitrogen and oxygen atoms in total. The van der Waals surface area contributed by atoms with Gasteiger partial charge in [-0.15, -0.1) is 0 Å². The van der Waals surface area contributed by atoms with Crippen molar-refractivity contribution in [3.8, 4) is 0 Å². The number of aldehydes is 1. The average molecular weight is 1100 g/mol. The van der Waals surface area contributed by atoms with E-state index in [0.717, 1.165) is 11.3 Å². The Labute approximate surface area is 454 Å². The van der Waals surface area contributed by atoms with Gasteiger partial charge in [-0.2, -0.15) is 4.98 Å². The van der Waals surface area contributed by atoms with Crippen molar-refractivity contribution >= 4 is 76.3 Å². The van der Waals surface area contributed by atoms with E-state index >= 15 is 0 Å². The molecule has 1 saturated heterocycles. The molecule has 1 atom stereocenters. The molecule has 3 heterocycles. The lowest BCUT2D eigenvalue weighted by Crippen LogP contribution is -2.50. The van der Waals surface area contributed by atoms with Crippen molar-refractivity contribution in [3.63, 3.8) is 0 Å². The fourth-order valence-electron chi connectivity index (χ4n) is 8.30. The Balaban J connectivity index is 0.894. The summed E-state index contributed by atoms with van der Waals surface area (Å²) in [6, 6.07) is 13.2. The number of rotatable bonds is 34. The highest BCUT2D eigenvalue weighted by Gasteiger charge is 2.26. The van der Waals surface area contributed by atoms with Crippen LogP contribution in [-0.4, -0.2) is 227 Å². The van der Waals surface area contributed by atoms with Gasteiger partial charge >= 0.3 is 17.9 Å². The summed E-state index contributed by atoms with van der Waals surface area (Å²) in [4.78, 5) is 131. The first-order chi connectivity index (χ1) is 38.0. The first kappa shape index (κ1) is 61.8. The van der Waals surface area contributed by atoms with Crippen LogP contribution in [0.25, 0.3) is 11.2 Å². The number of benzene rings is 2. The molecule has 0 spiro atoms. The van der Waals surface area contributed by atoms with Gasteiger partial charge in [-0.3, -0.25) is 62.9 Å². The smallest absolute Gasteiger partial charge is 0.317 e. The number of hydrogen-bond acceptors (Lipinski definition) is 20. The van der Waals surface area contributed by atoms with Crippen LogP contribution in [0, 0.1) is 0 Å². The van der Waals surface area contributed by atoms with Crippen molar-refractivity contribution in [2.45, 2.75) is 44.7 Å². The fraction of sp³-hybridized carbons (Fsp3) is 0.490.